The van der Waals surface area contributed by atoms with Gasteiger partial charge in [0.1, 0.15) is 5.76 Å². The van der Waals surface area contributed by atoms with Crippen LogP contribution in [0.15, 0.2) is 22.8 Å². The lowest BCUT2D eigenvalue weighted by Gasteiger charge is -2.30. The molecule has 1 aromatic rings. The van der Waals surface area contributed by atoms with Gasteiger partial charge in [-0.3, -0.25) is 4.90 Å². The van der Waals surface area contributed by atoms with E-state index in [0.29, 0.717) is 17.4 Å². The van der Waals surface area contributed by atoms with Crippen molar-refractivity contribution < 1.29 is 4.42 Å². The van der Waals surface area contributed by atoms with Crippen LogP contribution >= 0.6 is 0 Å². The molecular formula is C15H26N2O. The number of nitrogens with two attached hydrogens (primary N) is 1. The van der Waals surface area contributed by atoms with Crippen LogP contribution in [0.3, 0.4) is 0 Å². The Morgan fingerprint density at radius 1 is 1.50 bits per heavy atom. The number of rotatable bonds is 5. The van der Waals surface area contributed by atoms with Crippen LogP contribution in [0.1, 0.15) is 39.4 Å². The smallest absolute Gasteiger partial charge is 0.117 e. The molecule has 2 rings (SSSR count). The summed E-state index contributed by atoms with van der Waals surface area (Å²) >= 11 is 0. The summed E-state index contributed by atoms with van der Waals surface area (Å²) in [7, 11) is 0. The minimum atomic E-state index is 0.300. The van der Waals surface area contributed by atoms with Gasteiger partial charge in [-0.1, -0.05) is 20.8 Å². The third-order valence-electron chi connectivity index (χ3n) is 4.47. The Balaban J connectivity index is 1.91. The van der Waals surface area contributed by atoms with E-state index in [-0.39, 0.29) is 0 Å². The summed E-state index contributed by atoms with van der Waals surface area (Å²) in [6.45, 7) is 9.81. The molecule has 0 bridgehead atoms. The highest BCUT2D eigenvalue weighted by Crippen LogP contribution is 2.40. The van der Waals surface area contributed by atoms with Gasteiger partial charge in [0.25, 0.3) is 0 Å². The minimum absolute atomic E-state index is 0.300. The molecule has 1 heterocycles. The van der Waals surface area contributed by atoms with Crippen molar-refractivity contribution in [2.24, 2.45) is 17.1 Å². The third kappa shape index (κ3) is 2.96. The van der Waals surface area contributed by atoms with Crippen molar-refractivity contribution in [1.82, 2.24) is 4.90 Å². The predicted octanol–water partition coefficient (Wildman–Crippen LogP) is 2.87. The van der Waals surface area contributed by atoms with Gasteiger partial charge in [-0.15, -0.1) is 0 Å². The number of hydrogen-bond acceptors (Lipinski definition) is 3. The van der Waals surface area contributed by atoms with Gasteiger partial charge in [0, 0.05) is 12.6 Å². The van der Waals surface area contributed by atoms with Crippen molar-refractivity contribution in [2.75, 3.05) is 13.1 Å². The maximum atomic E-state index is 6.38. The molecule has 3 nitrogen and oxygen atoms in total. The predicted molar refractivity (Wildman–Crippen MR) is 74.1 cm³/mol. The largest absolute Gasteiger partial charge is 0.468 e. The van der Waals surface area contributed by atoms with Crippen LogP contribution in [-0.4, -0.2) is 24.0 Å². The molecule has 1 fully saturated rings. The SMILES string of the molecule is CCN(Cc1ccco1)CC1CCC(C)(C)C1N. The van der Waals surface area contributed by atoms with Gasteiger partial charge in [-0.05, 0) is 42.9 Å². The molecule has 3 heteroatoms. The second-order valence-electron chi connectivity index (χ2n) is 6.22. The van der Waals surface area contributed by atoms with Crippen LogP contribution in [0.25, 0.3) is 0 Å². The Morgan fingerprint density at radius 3 is 2.78 bits per heavy atom. The zero-order valence-corrected chi connectivity index (χ0v) is 11.9. The Hall–Kier alpha value is -0.800. The first kappa shape index (κ1) is 13.6. The van der Waals surface area contributed by atoms with Crippen LogP contribution in [0.4, 0.5) is 0 Å². The lowest BCUT2D eigenvalue weighted by Crippen LogP contribution is -2.42. The summed E-state index contributed by atoms with van der Waals surface area (Å²) in [6, 6.07) is 4.32. The number of hydrogen-bond donors (Lipinski definition) is 1. The molecule has 0 spiro atoms. The van der Waals surface area contributed by atoms with E-state index in [1.807, 2.05) is 12.1 Å². The molecule has 2 N–H and O–H groups in total. The van der Waals surface area contributed by atoms with Crippen molar-refractivity contribution in [3.8, 4) is 0 Å². The molecular weight excluding hydrogens is 224 g/mol. The Kier molecular flexibility index (Phi) is 4.13. The van der Waals surface area contributed by atoms with E-state index >= 15 is 0 Å². The molecule has 1 aliphatic carbocycles. The Bertz CT molecular complexity index is 359. The molecule has 1 saturated carbocycles. The van der Waals surface area contributed by atoms with E-state index in [1.165, 1.54) is 12.8 Å². The van der Waals surface area contributed by atoms with E-state index in [2.05, 4.69) is 25.7 Å². The average Bonchev–Trinajstić information content (AvgIpc) is 2.92. The Labute approximate surface area is 110 Å². The molecule has 0 aromatic carbocycles. The highest BCUT2D eigenvalue weighted by molar-refractivity contribution is 4.99. The molecule has 102 valence electrons. The maximum absolute atomic E-state index is 6.38. The quantitative estimate of drug-likeness (QED) is 0.873. The lowest BCUT2D eigenvalue weighted by atomic mass is 9.85. The molecule has 0 amide bonds. The molecule has 1 aromatic heterocycles. The van der Waals surface area contributed by atoms with E-state index in [4.69, 9.17) is 10.2 Å². The molecule has 0 aliphatic heterocycles. The van der Waals surface area contributed by atoms with Crippen LogP contribution in [-0.2, 0) is 6.54 Å². The molecule has 1 aliphatic rings. The normalized spacial score (nSPS) is 26.9. The molecule has 2 atom stereocenters. The molecule has 2 unspecified atom stereocenters. The lowest BCUT2D eigenvalue weighted by molar-refractivity contribution is 0.194. The zero-order chi connectivity index (χ0) is 13.2. The number of nitrogens with zero attached hydrogens (tertiary/aromatic N) is 1. The minimum Gasteiger partial charge on any atom is -0.468 e. The van der Waals surface area contributed by atoms with Crippen LogP contribution in [0, 0.1) is 11.3 Å². The summed E-state index contributed by atoms with van der Waals surface area (Å²) in [4.78, 5) is 2.44. The first-order valence-corrected chi connectivity index (χ1v) is 7.03. The third-order valence-corrected chi connectivity index (χ3v) is 4.47. The van der Waals surface area contributed by atoms with E-state index in [9.17, 15) is 0 Å². The van der Waals surface area contributed by atoms with Crippen molar-refractivity contribution in [3.05, 3.63) is 24.2 Å². The standard InChI is InChI=1S/C15H26N2O/c1-4-17(11-13-6-5-9-18-13)10-12-7-8-15(2,3)14(12)16/h5-6,9,12,14H,4,7-8,10-11,16H2,1-3H3. The van der Waals surface area contributed by atoms with Gasteiger partial charge in [0.05, 0.1) is 12.8 Å². The average molecular weight is 250 g/mol. The Morgan fingerprint density at radius 2 is 2.28 bits per heavy atom. The zero-order valence-electron chi connectivity index (χ0n) is 11.9. The highest BCUT2D eigenvalue weighted by atomic mass is 16.3. The maximum Gasteiger partial charge on any atom is 0.117 e. The summed E-state index contributed by atoms with van der Waals surface area (Å²) in [6.07, 6.45) is 4.24. The highest BCUT2D eigenvalue weighted by Gasteiger charge is 2.39. The van der Waals surface area contributed by atoms with Crippen LogP contribution < -0.4 is 5.73 Å². The van der Waals surface area contributed by atoms with Gasteiger partial charge < -0.3 is 10.2 Å². The van der Waals surface area contributed by atoms with E-state index < -0.39 is 0 Å². The summed E-state index contributed by atoms with van der Waals surface area (Å²) in [5.74, 6) is 1.66. The monoisotopic (exact) mass is 250 g/mol. The fourth-order valence-corrected chi connectivity index (χ4v) is 3.01. The topological polar surface area (TPSA) is 42.4 Å². The van der Waals surface area contributed by atoms with E-state index in [0.717, 1.165) is 25.4 Å². The van der Waals surface area contributed by atoms with Crippen molar-refractivity contribution in [1.29, 1.82) is 0 Å². The van der Waals surface area contributed by atoms with Crippen molar-refractivity contribution in [3.63, 3.8) is 0 Å². The fraction of sp³-hybridized carbons (Fsp3) is 0.733. The second-order valence-corrected chi connectivity index (χ2v) is 6.22. The first-order chi connectivity index (χ1) is 8.53. The fourth-order valence-electron chi connectivity index (χ4n) is 3.01. The first-order valence-electron chi connectivity index (χ1n) is 7.03. The molecule has 18 heavy (non-hydrogen) atoms. The summed E-state index contributed by atoms with van der Waals surface area (Å²) in [5.41, 5.74) is 6.68. The van der Waals surface area contributed by atoms with Crippen molar-refractivity contribution >= 4 is 0 Å². The summed E-state index contributed by atoms with van der Waals surface area (Å²) in [5, 5.41) is 0. The van der Waals surface area contributed by atoms with Gasteiger partial charge in [-0.25, -0.2) is 0 Å². The summed E-state index contributed by atoms with van der Waals surface area (Å²) < 4.78 is 5.43. The molecule has 0 radical (unpaired) electrons. The van der Waals surface area contributed by atoms with Gasteiger partial charge >= 0.3 is 0 Å². The van der Waals surface area contributed by atoms with Crippen LogP contribution in [0.2, 0.25) is 0 Å². The molecule has 0 saturated heterocycles. The van der Waals surface area contributed by atoms with E-state index in [1.54, 1.807) is 6.26 Å². The number of furan rings is 1. The van der Waals surface area contributed by atoms with Gasteiger partial charge in [0.15, 0.2) is 0 Å². The van der Waals surface area contributed by atoms with Crippen LogP contribution in [0.5, 0.6) is 0 Å². The van der Waals surface area contributed by atoms with Gasteiger partial charge in [0.2, 0.25) is 0 Å². The second kappa shape index (κ2) is 5.45. The van der Waals surface area contributed by atoms with Gasteiger partial charge in [-0.2, -0.15) is 0 Å². The van der Waals surface area contributed by atoms with Crippen molar-refractivity contribution in [2.45, 2.75) is 46.2 Å².